The summed E-state index contributed by atoms with van der Waals surface area (Å²) in [5, 5.41) is 0. The van der Waals surface area contributed by atoms with Crippen LogP contribution in [0.5, 0.6) is 0 Å². The van der Waals surface area contributed by atoms with Gasteiger partial charge in [-0.1, -0.05) is 6.07 Å². The minimum absolute atomic E-state index is 0.327. The number of carbonyl (C=O) groups is 1. The van der Waals surface area contributed by atoms with E-state index >= 15 is 0 Å². The van der Waals surface area contributed by atoms with Crippen LogP contribution in [0.1, 0.15) is 24.8 Å². The Morgan fingerprint density at radius 3 is 3.06 bits per heavy atom. The Balaban J connectivity index is 2.41. The number of benzene rings is 1. The number of anilines is 1. The molecule has 2 rings (SSSR count). The van der Waals surface area contributed by atoms with Crippen LogP contribution in [0.3, 0.4) is 0 Å². The minimum atomic E-state index is -0.470. The van der Waals surface area contributed by atoms with E-state index in [0.717, 1.165) is 12.2 Å². The number of hydrogen-bond donors (Lipinski definition) is 0. The molecule has 0 fully saturated rings. The highest BCUT2D eigenvalue weighted by Gasteiger charge is 2.32. The highest BCUT2D eigenvalue weighted by Crippen LogP contribution is 2.36. The van der Waals surface area contributed by atoms with E-state index in [1.807, 2.05) is 18.0 Å². The van der Waals surface area contributed by atoms with Crippen LogP contribution in [0.2, 0.25) is 0 Å². The second kappa shape index (κ2) is 4.73. The van der Waals surface area contributed by atoms with E-state index in [0.29, 0.717) is 18.6 Å². The van der Waals surface area contributed by atoms with Crippen LogP contribution >= 0.6 is 0 Å². The molecule has 0 N–H and O–H groups in total. The lowest BCUT2D eigenvalue weighted by Crippen LogP contribution is -2.32. The second-order valence-electron chi connectivity index (χ2n) is 4.19. The Labute approximate surface area is 100 Å². The van der Waals surface area contributed by atoms with Crippen LogP contribution in [0.25, 0.3) is 0 Å². The Kier molecular flexibility index (Phi) is 3.31. The number of carbonyl (C=O) groups excluding carboxylic acids is 1. The van der Waals surface area contributed by atoms with Crippen molar-refractivity contribution in [1.29, 1.82) is 0 Å². The SMILES string of the molecule is CCOC(=O)C1CCN(C)c2cccc(F)c21. The van der Waals surface area contributed by atoms with Gasteiger partial charge in [-0.2, -0.15) is 0 Å². The predicted octanol–water partition coefficient (Wildman–Crippen LogP) is 2.31. The Morgan fingerprint density at radius 2 is 2.35 bits per heavy atom. The third kappa shape index (κ3) is 2.12. The summed E-state index contributed by atoms with van der Waals surface area (Å²) in [6, 6.07) is 4.90. The first-order valence-corrected chi connectivity index (χ1v) is 5.81. The third-order valence-corrected chi connectivity index (χ3v) is 3.11. The molecule has 92 valence electrons. The van der Waals surface area contributed by atoms with Gasteiger partial charge in [-0.15, -0.1) is 0 Å². The molecule has 0 radical (unpaired) electrons. The highest BCUT2D eigenvalue weighted by molar-refractivity contribution is 5.82. The van der Waals surface area contributed by atoms with Crippen molar-refractivity contribution < 1.29 is 13.9 Å². The van der Waals surface area contributed by atoms with Crippen LogP contribution in [0.4, 0.5) is 10.1 Å². The Hall–Kier alpha value is -1.58. The molecule has 1 aliphatic heterocycles. The quantitative estimate of drug-likeness (QED) is 0.739. The number of esters is 1. The molecule has 1 atom stereocenters. The van der Waals surface area contributed by atoms with Gasteiger partial charge in [0.2, 0.25) is 0 Å². The summed E-state index contributed by atoms with van der Waals surface area (Å²) in [6.45, 7) is 2.82. The molecule has 0 aliphatic carbocycles. The lowest BCUT2D eigenvalue weighted by atomic mass is 9.89. The van der Waals surface area contributed by atoms with Gasteiger partial charge in [0.05, 0.1) is 12.5 Å². The van der Waals surface area contributed by atoms with E-state index in [1.165, 1.54) is 6.07 Å². The molecule has 17 heavy (non-hydrogen) atoms. The molecule has 1 aliphatic rings. The number of rotatable bonds is 2. The van der Waals surface area contributed by atoms with Gasteiger partial charge in [0.15, 0.2) is 0 Å². The van der Waals surface area contributed by atoms with Crippen LogP contribution in [0.15, 0.2) is 18.2 Å². The maximum atomic E-state index is 13.9. The number of halogens is 1. The average molecular weight is 237 g/mol. The first-order valence-electron chi connectivity index (χ1n) is 5.81. The van der Waals surface area contributed by atoms with Gasteiger partial charge < -0.3 is 9.64 Å². The maximum absolute atomic E-state index is 13.9. The average Bonchev–Trinajstić information content (AvgIpc) is 2.31. The van der Waals surface area contributed by atoms with Crippen LogP contribution in [-0.2, 0) is 9.53 Å². The minimum Gasteiger partial charge on any atom is -0.466 e. The van der Waals surface area contributed by atoms with E-state index in [2.05, 4.69) is 0 Å². The standard InChI is InChI=1S/C13H16FNO2/c1-3-17-13(16)9-7-8-15(2)11-6-4-5-10(14)12(9)11/h4-6,9H,3,7-8H2,1-2H3. The molecular formula is C13H16FNO2. The van der Waals surface area contributed by atoms with Crippen LogP contribution in [-0.4, -0.2) is 26.2 Å². The molecule has 1 aromatic carbocycles. The van der Waals surface area contributed by atoms with Crippen molar-refractivity contribution in [1.82, 2.24) is 0 Å². The van der Waals surface area contributed by atoms with Crippen LogP contribution in [0, 0.1) is 5.82 Å². The molecule has 0 spiro atoms. The van der Waals surface area contributed by atoms with Gasteiger partial charge in [0, 0.05) is 24.8 Å². The summed E-state index contributed by atoms with van der Waals surface area (Å²) >= 11 is 0. The molecule has 4 heteroatoms. The van der Waals surface area contributed by atoms with Gasteiger partial charge in [-0.25, -0.2) is 4.39 Å². The molecular weight excluding hydrogens is 221 g/mol. The third-order valence-electron chi connectivity index (χ3n) is 3.11. The van der Waals surface area contributed by atoms with Crippen molar-refractivity contribution in [2.45, 2.75) is 19.3 Å². The molecule has 0 saturated carbocycles. The predicted molar refractivity (Wildman–Crippen MR) is 63.7 cm³/mol. The molecule has 1 aromatic rings. The zero-order valence-electron chi connectivity index (χ0n) is 10.1. The summed E-state index contributed by atoms with van der Waals surface area (Å²) in [5.41, 5.74) is 1.26. The Morgan fingerprint density at radius 1 is 1.59 bits per heavy atom. The van der Waals surface area contributed by atoms with Crippen molar-refractivity contribution in [2.24, 2.45) is 0 Å². The molecule has 3 nitrogen and oxygen atoms in total. The second-order valence-corrected chi connectivity index (χ2v) is 4.19. The fourth-order valence-electron chi connectivity index (χ4n) is 2.27. The smallest absolute Gasteiger partial charge is 0.313 e. The van der Waals surface area contributed by atoms with Gasteiger partial charge in [0.1, 0.15) is 5.82 Å². The molecule has 0 amide bonds. The number of nitrogens with zero attached hydrogens (tertiary/aromatic N) is 1. The summed E-state index contributed by atoms with van der Waals surface area (Å²) in [5.74, 6) is -1.12. The van der Waals surface area contributed by atoms with Crippen molar-refractivity contribution in [3.63, 3.8) is 0 Å². The number of fused-ring (bicyclic) bond motifs is 1. The summed E-state index contributed by atoms with van der Waals surface area (Å²) in [4.78, 5) is 13.8. The fourth-order valence-corrected chi connectivity index (χ4v) is 2.27. The topological polar surface area (TPSA) is 29.5 Å². The van der Waals surface area contributed by atoms with E-state index in [1.54, 1.807) is 13.0 Å². The molecule has 1 heterocycles. The maximum Gasteiger partial charge on any atom is 0.313 e. The lowest BCUT2D eigenvalue weighted by Gasteiger charge is -2.32. The highest BCUT2D eigenvalue weighted by atomic mass is 19.1. The molecule has 0 aromatic heterocycles. The number of hydrogen-bond acceptors (Lipinski definition) is 3. The van der Waals surface area contributed by atoms with E-state index in [-0.39, 0.29) is 11.8 Å². The first kappa shape index (κ1) is 11.9. The lowest BCUT2D eigenvalue weighted by molar-refractivity contribution is -0.145. The zero-order chi connectivity index (χ0) is 12.4. The van der Waals surface area contributed by atoms with Crippen molar-refractivity contribution in [3.05, 3.63) is 29.6 Å². The largest absolute Gasteiger partial charge is 0.466 e. The first-order chi connectivity index (χ1) is 8.15. The normalized spacial score (nSPS) is 18.8. The molecule has 1 unspecified atom stereocenters. The summed E-state index contributed by atoms with van der Waals surface area (Å²) < 4.78 is 18.9. The van der Waals surface area contributed by atoms with E-state index in [4.69, 9.17) is 4.74 Å². The number of ether oxygens (including phenoxy) is 1. The molecule has 0 bridgehead atoms. The summed E-state index contributed by atoms with van der Waals surface area (Å²) in [7, 11) is 1.90. The van der Waals surface area contributed by atoms with Crippen LogP contribution < -0.4 is 4.90 Å². The fraction of sp³-hybridized carbons (Fsp3) is 0.462. The van der Waals surface area contributed by atoms with Gasteiger partial charge in [-0.3, -0.25) is 4.79 Å². The van der Waals surface area contributed by atoms with Crippen molar-refractivity contribution in [2.75, 3.05) is 25.1 Å². The Bertz CT molecular complexity index is 433. The van der Waals surface area contributed by atoms with Crippen molar-refractivity contribution >= 4 is 11.7 Å². The monoisotopic (exact) mass is 237 g/mol. The van der Waals surface area contributed by atoms with Crippen molar-refractivity contribution in [3.8, 4) is 0 Å². The van der Waals surface area contributed by atoms with E-state index in [9.17, 15) is 9.18 Å². The van der Waals surface area contributed by atoms with Gasteiger partial charge in [0.25, 0.3) is 0 Å². The van der Waals surface area contributed by atoms with E-state index < -0.39 is 5.92 Å². The van der Waals surface area contributed by atoms with Gasteiger partial charge in [-0.05, 0) is 25.5 Å². The zero-order valence-corrected chi connectivity index (χ0v) is 10.1. The molecule has 0 saturated heterocycles. The van der Waals surface area contributed by atoms with Gasteiger partial charge >= 0.3 is 5.97 Å². The summed E-state index contributed by atoms with van der Waals surface area (Å²) in [6.07, 6.45) is 0.600.